The third-order valence-corrected chi connectivity index (χ3v) is 2.99. The molecule has 0 unspecified atom stereocenters. The van der Waals surface area contributed by atoms with E-state index in [4.69, 9.17) is 21.1 Å². The van der Waals surface area contributed by atoms with Gasteiger partial charge in [0, 0.05) is 11.6 Å². The lowest BCUT2D eigenvalue weighted by Crippen LogP contribution is -2.17. The summed E-state index contributed by atoms with van der Waals surface area (Å²) in [6.07, 6.45) is 1.52. The van der Waals surface area contributed by atoms with Gasteiger partial charge in [-0.2, -0.15) is 5.10 Å². The number of Topliss-reactive ketones (excluding diaryl/α,β-unsaturated/α-hetero) is 1. The van der Waals surface area contributed by atoms with E-state index >= 15 is 0 Å². The summed E-state index contributed by atoms with van der Waals surface area (Å²) in [7, 11) is 1.51. The van der Waals surface area contributed by atoms with Crippen molar-refractivity contribution in [3.63, 3.8) is 0 Å². The van der Waals surface area contributed by atoms with E-state index in [1.54, 1.807) is 28.9 Å². The van der Waals surface area contributed by atoms with Gasteiger partial charge in [0.1, 0.15) is 11.4 Å². The largest absolute Gasteiger partial charge is 0.493 e. The highest BCUT2D eigenvalue weighted by Crippen LogP contribution is 2.20. The number of carbonyl (C=O) groups is 1. The van der Waals surface area contributed by atoms with Gasteiger partial charge in [0.15, 0.2) is 12.4 Å². The van der Waals surface area contributed by atoms with E-state index in [-0.39, 0.29) is 12.4 Å². The second-order valence-corrected chi connectivity index (χ2v) is 4.48. The molecule has 20 heavy (non-hydrogen) atoms. The summed E-state index contributed by atoms with van der Waals surface area (Å²) in [5.74, 6) is 0.806. The molecule has 6 heteroatoms. The van der Waals surface area contributed by atoms with E-state index in [1.165, 1.54) is 13.3 Å². The fourth-order valence-corrected chi connectivity index (χ4v) is 1.99. The minimum atomic E-state index is -0.193. The zero-order valence-corrected chi connectivity index (χ0v) is 12.1. The van der Waals surface area contributed by atoms with Crippen LogP contribution in [0.4, 0.5) is 0 Å². The number of methoxy groups -OCH3 is 1. The molecule has 2 aromatic rings. The molecular formula is C14H15ClN2O3. The summed E-state index contributed by atoms with van der Waals surface area (Å²) in [5, 5.41) is 4.65. The standard InChI is InChI=1S/C14H15ClN2O3/c1-3-17-14(13(19-2)8-16-17)12(18)9-20-11-6-4-5-10(15)7-11/h4-8H,3,9H2,1-2H3. The predicted octanol–water partition coefficient (Wildman–Crippen LogP) is 2.83. The molecule has 0 amide bonds. The second kappa shape index (κ2) is 6.43. The first-order chi connectivity index (χ1) is 9.65. The van der Waals surface area contributed by atoms with Gasteiger partial charge in [0.25, 0.3) is 0 Å². The number of aromatic nitrogens is 2. The van der Waals surface area contributed by atoms with Crippen molar-refractivity contribution in [1.82, 2.24) is 9.78 Å². The van der Waals surface area contributed by atoms with Gasteiger partial charge >= 0.3 is 0 Å². The van der Waals surface area contributed by atoms with Gasteiger partial charge in [-0.15, -0.1) is 0 Å². The van der Waals surface area contributed by atoms with Crippen LogP contribution in [-0.2, 0) is 6.54 Å². The average Bonchev–Trinajstić information content (AvgIpc) is 2.88. The van der Waals surface area contributed by atoms with Gasteiger partial charge in [-0.1, -0.05) is 17.7 Å². The highest BCUT2D eigenvalue weighted by Gasteiger charge is 2.19. The Morgan fingerprint density at radius 2 is 2.25 bits per heavy atom. The molecule has 0 bridgehead atoms. The molecule has 0 aliphatic carbocycles. The summed E-state index contributed by atoms with van der Waals surface area (Å²) in [4.78, 5) is 12.2. The van der Waals surface area contributed by atoms with Crippen LogP contribution in [0.5, 0.6) is 11.5 Å². The van der Waals surface area contributed by atoms with Crippen LogP contribution in [0.2, 0.25) is 5.02 Å². The van der Waals surface area contributed by atoms with E-state index in [9.17, 15) is 4.79 Å². The van der Waals surface area contributed by atoms with Gasteiger partial charge in [0.2, 0.25) is 5.78 Å². The zero-order chi connectivity index (χ0) is 14.5. The van der Waals surface area contributed by atoms with Crippen LogP contribution in [0.15, 0.2) is 30.5 Å². The third-order valence-electron chi connectivity index (χ3n) is 2.76. The van der Waals surface area contributed by atoms with Crippen molar-refractivity contribution >= 4 is 17.4 Å². The van der Waals surface area contributed by atoms with Gasteiger partial charge in [-0.05, 0) is 25.1 Å². The molecule has 0 N–H and O–H groups in total. The van der Waals surface area contributed by atoms with Crippen LogP contribution in [0.1, 0.15) is 17.4 Å². The molecule has 5 nitrogen and oxygen atoms in total. The van der Waals surface area contributed by atoms with Crippen LogP contribution in [-0.4, -0.2) is 29.3 Å². The molecule has 0 fully saturated rings. The predicted molar refractivity (Wildman–Crippen MR) is 75.7 cm³/mol. The SMILES string of the molecule is CCn1ncc(OC)c1C(=O)COc1cccc(Cl)c1. The maximum atomic E-state index is 12.2. The smallest absolute Gasteiger partial charge is 0.221 e. The highest BCUT2D eigenvalue weighted by atomic mass is 35.5. The number of carbonyl (C=O) groups excluding carboxylic acids is 1. The Hall–Kier alpha value is -2.01. The number of nitrogens with zero attached hydrogens (tertiary/aromatic N) is 2. The molecule has 0 radical (unpaired) electrons. The summed E-state index contributed by atoms with van der Waals surface area (Å²) >= 11 is 5.86. The third kappa shape index (κ3) is 3.11. The molecule has 0 saturated carbocycles. The topological polar surface area (TPSA) is 53.4 Å². The fraction of sp³-hybridized carbons (Fsp3) is 0.286. The summed E-state index contributed by atoms with van der Waals surface area (Å²) in [6.45, 7) is 2.39. The maximum Gasteiger partial charge on any atom is 0.221 e. The van der Waals surface area contributed by atoms with Crippen molar-refractivity contribution < 1.29 is 14.3 Å². The van der Waals surface area contributed by atoms with E-state index < -0.39 is 0 Å². The van der Waals surface area contributed by atoms with Crippen molar-refractivity contribution in [2.75, 3.05) is 13.7 Å². The average molecular weight is 295 g/mol. The Balaban J connectivity index is 2.10. The number of rotatable bonds is 6. The Kier molecular flexibility index (Phi) is 4.63. The minimum absolute atomic E-state index is 0.0948. The fourth-order valence-electron chi connectivity index (χ4n) is 1.81. The highest BCUT2D eigenvalue weighted by molar-refractivity contribution is 6.30. The van der Waals surface area contributed by atoms with Crippen molar-refractivity contribution in [1.29, 1.82) is 0 Å². The van der Waals surface area contributed by atoms with E-state index in [0.29, 0.717) is 28.8 Å². The molecule has 1 aromatic carbocycles. The van der Waals surface area contributed by atoms with Gasteiger partial charge in [-0.3, -0.25) is 9.48 Å². The van der Waals surface area contributed by atoms with Gasteiger partial charge in [0.05, 0.1) is 13.3 Å². The Morgan fingerprint density at radius 1 is 1.45 bits per heavy atom. The molecule has 0 atom stereocenters. The summed E-state index contributed by atoms with van der Waals surface area (Å²) in [5.41, 5.74) is 0.414. The van der Waals surface area contributed by atoms with Crippen LogP contribution in [0.25, 0.3) is 0 Å². The summed E-state index contributed by atoms with van der Waals surface area (Å²) in [6, 6.07) is 6.90. The second-order valence-electron chi connectivity index (χ2n) is 4.05. The van der Waals surface area contributed by atoms with Crippen LogP contribution < -0.4 is 9.47 Å². The zero-order valence-electron chi connectivity index (χ0n) is 11.3. The van der Waals surface area contributed by atoms with Crippen LogP contribution >= 0.6 is 11.6 Å². The van der Waals surface area contributed by atoms with Crippen molar-refractivity contribution in [3.05, 3.63) is 41.2 Å². The quantitative estimate of drug-likeness (QED) is 0.769. The first-order valence-electron chi connectivity index (χ1n) is 6.17. The number of ketones is 1. The number of aryl methyl sites for hydroxylation is 1. The van der Waals surface area contributed by atoms with Crippen molar-refractivity contribution in [3.8, 4) is 11.5 Å². The monoisotopic (exact) mass is 294 g/mol. The first-order valence-corrected chi connectivity index (χ1v) is 6.54. The molecule has 1 aromatic heterocycles. The molecule has 2 rings (SSSR count). The number of hydrogen-bond donors (Lipinski definition) is 0. The molecule has 0 spiro atoms. The van der Waals surface area contributed by atoms with Gasteiger partial charge < -0.3 is 9.47 Å². The van der Waals surface area contributed by atoms with Gasteiger partial charge in [-0.25, -0.2) is 0 Å². The molecule has 1 heterocycles. The maximum absolute atomic E-state index is 12.2. The number of halogens is 1. The molecule has 0 aliphatic rings. The van der Waals surface area contributed by atoms with E-state index in [0.717, 1.165) is 0 Å². The molecule has 0 aliphatic heterocycles. The Morgan fingerprint density at radius 3 is 2.90 bits per heavy atom. The summed E-state index contributed by atoms with van der Waals surface area (Å²) < 4.78 is 12.2. The van der Waals surface area contributed by atoms with Crippen LogP contribution in [0, 0.1) is 0 Å². The Bertz CT molecular complexity index is 589. The molecular weight excluding hydrogens is 280 g/mol. The number of hydrogen-bond acceptors (Lipinski definition) is 4. The number of ether oxygens (including phenoxy) is 2. The van der Waals surface area contributed by atoms with Crippen molar-refractivity contribution in [2.45, 2.75) is 13.5 Å². The Labute approximate surface area is 122 Å². The lowest BCUT2D eigenvalue weighted by Gasteiger charge is -2.08. The number of benzene rings is 1. The van der Waals surface area contributed by atoms with E-state index in [2.05, 4.69) is 5.10 Å². The molecule has 106 valence electrons. The minimum Gasteiger partial charge on any atom is -0.493 e. The van der Waals surface area contributed by atoms with Crippen molar-refractivity contribution in [2.24, 2.45) is 0 Å². The molecule has 0 saturated heterocycles. The lowest BCUT2D eigenvalue weighted by atomic mass is 10.2. The first kappa shape index (κ1) is 14.4. The van der Waals surface area contributed by atoms with E-state index in [1.807, 2.05) is 6.92 Å². The van der Waals surface area contributed by atoms with Crippen LogP contribution in [0.3, 0.4) is 0 Å². The lowest BCUT2D eigenvalue weighted by molar-refractivity contribution is 0.0907. The normalized spacial score (nSPS) is 10.3.